The second kappa shape index (κ2) is 6.41. The number of ether oxygens (including phenoxy) is 1. The quantitative estimate of drug-likeness (QED) is 0.490. The fourth-order valence-corrected chi connectivity index (χ4v) is 1.77. The average molecular weight is 279 g/mol. The third-order valence-corrected chi connectivity index (χ3v) is 2.66. The predicted octanol–water partition coefficient (Wildman–Crippen LogP) is 2.24. The monoisotopic (exact) mass is 279 g/mol. The molecule has 1 rings (SSSR count). The highest BCUT2D eigenvalue weighted by Crippen LogP contribution is 2.17. The SMILES string of the molecule is CC(C)(C)OC(=O)C(CCc1cccc(N)c1)C(=O)O. The largest absolute Gasteiger partial charge is 0.481 e. The molecule has 0 aliphatic heterocycles. The van der Waals surface area contributed by atoms with Crippen LogP contribution in [0.15, 0.2) is 24.3 Å². The van der Waals surface area contributed by atoms with Gasteiger partial charge in [0.05, 0.1) is 0 Å². The molecule has 0 aliphatic carbocycles. The number of aryl methyl sites for hydroxylation is 1. The van der Waals surface area contributed by atoms with Crippen molar-refractivity contribution in [3.05, 3.63) is 29.8 Å². The van der Waals surface area contributed by atoms with Crippen LogP contribution in [-0.4, -0.2) is 22.6 Å². The number of carbonyl (C=O) groups is 2. The number of rotatable bonds is 5. The summed E-state index contributed by atoms with van der Waals surface area (Å²) in [4.78, 5) is 23.1. The average Bonchev–Trinajstić information content (AvgIpc) is 2.26. The van der Waals surface area contributed by atoms with Gasteiger partial charge in [0.15, 0.2) is 5.92 Å². The van der Waals surface area contributed by atoms with Crippen LogP contribution in [0.2, 0.25) is 0 Å². The molecule has 0 bridgehead atoms. The Bertz CT molecular complexity index is 491. The van der Waals surface area contributed by atoms with Crippen molar-refractivity contribution in [2.45, 2.75) is 39.2 Å². The van der Waals surface area contributed by atoms with Crippen molar-refractivity contribution in [3.8, 4) is 0 Å². The molecule has 0 radical (unpaired) electrons. The fraction of sp³-hybridized carbons (Fsp3) is 0.467. The lowest BCUT2D eigenvalue weighted by Gasteiger charge is -2.22. The summed E-state index contributed by atoms with van der Waals surface area (Å²) in [6.07, 6.45) is 0.648. The summed E-state index contributed by atoms with van der Waals surface area (Å²) in [6.45, 7) is 5.13. The van der Waals surface area contributed by atoms with Crippen LogP contribution in [0, 0.1) is 5.92 Å². The zero-order valence-electron chi connectivity index (χ0n) is 12.1. The maximum atomic E-state index is 11.9. The van der Waals surface area contributed by atoms with Crippen molar-refractivity contribution in [3.63, 3.8) is 0 Å². The van der Waals surface area contributed by atoms with E-state index >= 15 is 0 Å². The molecule has 0 fully saturated rings. The van der Waals surface area contributed by atoms with Gasteiger partial charge >= 0.3 is 11.9 Å². The molecular formula is C15H21NO4. The number of carboxylic acids is 1. The van der Waals surface area contributed by atoms with E-state index < -0.39 is 23.5 Å². The summed E-state index contributed by atoms with van der Waals surface area (Å²) in [6, 6.07) is 7.18. The topological polar surface area (TPSA) is 89.6 Å². The van der Waals surface area contributed by atoms with E-state index in [1.807, 2.05) is 6.07 Å². The van der Waals surface area contributed by atoms with Gasteiger partial charge in [0.1, 0.15) is 5.60 Å². The number of hydrogen-bond donors (Lipinski definition) is 2. The Kier molecular flexibility index (Phi) is 5.13. The Morgan fingerprint density at radius 1 is 1.35 bits per heavy atom. The lowest BCUT2D eigenvalue weighted by Crippen LogP contribution is -2.33. The number of benzene rings is 1. The number of hydrogen-bond acceptors (Lipinski definition) is 4. The molecule has 1 aromatic carbocycles. The number of anilines is 1. The Balaban J connectivity index is 2.69. The van der Waals surface area contributed by atoms with Crippen LogP contribution in [0.3, 0.4) is 0 Å². The predicted molar refractivity (Wildman–Crippen MR) is 76.1 cm³/mol. The number of carboxylic acid groups (broad SMARTS) is 1. The van der Waals surface area contributed by atoms with E-state index in [1.54, 1.807) is 39.0 Å². The minimum Gasteiger partial charge on any atom is -0.481 e. The molecule has 1 atom stereocenters. The minimum absolute atomic E-state index is 0.188. The van der Waals surface area contributed by atoms with Gasteiger partial charge in [0.25, 0.3) is 0 Å². The van der Waals surface area contributed by atoms with Gasteiger partial charge in [-0.05, 0) is 51.3 Å². The molecule has 3 N–H and O–H groups in total. The summed E-state index contributed by atoms with van der Waals surface area (Å²) in [5, 5.41) is 9.15. The standard InChI is InChI=1S/C15H21NO4/c1-15(2,3)20-14(19)12(13(17)18)8-7-10-5-4-6-11(16)9-10/h4-6,9,12H,7-8,16H2,1-3H3,(H,17,18). The highest BCUT2D eigenvalue weighted by molar-refractivity contribution is 5.94. The van der Waals surface area contributed by atoms with Crippen LogP contribution in [-0.2, 0) is 20.7 Å². The number of nitrogen functional groups attached to an aromatic ring is 1. The van der Waals surface area contributed by atoms with E-state index in [0.29, 0.717) is 12.1 Å². The highest BCUT2D eigenvalue weighted by Gasteiger charge is 2.30. The molecule has 0 aromatic heterocycles. The molecule has 5 heteroatoms. The van der Waals surface area contributed by atoms with Gasteiger partial charge in [-0.25, -0.2) is 0 Å². The van der Waals surface area contributed by atoms with Crippen molar-refractivity contribution in [1.82, 2.24) is 0 Å². The second-order valence-corrected chi connectivity index (χ2v) is 5.71. The first-order valence-electron chi connectivity index (χ1n) is 6.49. The Morgan fingerprint density at radius 3 is 2.50 bits per heavy atom. The van der Waals surface area contributed by atoms with Crippen molar-refractivity contribution < 1.29 is 19.4 Å². The van der Waals surface area contributed by atoms with Gasteiger partial charge < -0.3 is 15.6 Å². The first kappa shape index (κ1) is 16.0. The maximum Gasteiger partial charge on any atom is 0.320 e. The summed E-state index contributed by atoms with van der Waals surface area (Å²) in [7, 11) is 0. The van der Waals surface area contributed by atoms with Crippen molar-refractivity contribution in [2.75, 3.05) is 5.73 Å². The molecule has 1 unspecified atom stereocenters. The zero-order valence-corrected chi connectivity index (χ0v) is 12.1. The Labute approximate surface area is 118 Å². The van der Waals surface area contributed by atoms with Crippen LogP contribution in [0.25, 0.3) is 0 Å². The van der Waals surface area contributed by atoms with E-state index in [0.717, 1.165) is 5.56 Å². The highest BCUT2D eigenvalue weighted by atomic mass is 16.6. The van der Waals surface area contributed by atoms with Crippen molar-refractivity contribution in [2.24, 2.45) is 5.92 Å². The summed E-state index contributed by atoms with van der Waals surface area (Å²) >= 11 is 0. The van der Waals surface area contributed by atoms with Gasteiger partial charge in [-0.15, -0.1) is 0 Å². The molecule has 0 saturated heterocycles. The van der Waals surface area contributed by atoms with Crippen LogP contribution in [0.1, 0.15) is 32.8 Å². The van der Waals surface area contributed by atoms with E-state index in [1.165, 1.54) is 0 Å². The van der Waals surface area contributed by atoms with Gasteiger partial charge in [-0.3, -0.25) is 9.59 Å². The Morgan fingerprint density at radius 2 is 2.00 bits per heavy atom. The summed E-state index contributed by atoms with van der Waals surface area (Å²) in [5.74, 6) is -3.02. The van der Waals surface area contributed by atoms with Gasteiger partial charge in [0.2, 0.25) is 0 Å². The normalized spacial score (nSPS) is 12.8. The Hall–Kier alpha value is -2.04. The van der Waals surface area contributed by atoms with E-state index in [2.05, 4.69) is 0 Å². The smallest absolute Gasteiger partial charge is 0.320 e. The molecule has 0 amide bonds. The molecule has 1 aromatic rings. The zero-order chi connectivity index (χ0) is 15.3. The molecule has 0 spiro atoms. The number of esters is 1. The van der Waals surface area contributed by atoms with Crippen LogP contribution >= 0.6 is 0 Å². The molecule has 0 heterocycles. The third kappa shape index (κ3) is 5.30. The fourth-order valence-electron chi connectivity index (χ4n) is 1.77. The molecular weight excluding hydrogens is 258 g/mol. The number of nitrogens with two attached hydrogens (primary N) is 1. The molecule has 110 valence electrons. The lowest BCUT2D eigenvalue weighted by molar-refractivity contribution is -0.167. The lowest BCUT2D eigenvalue weighted by atomic mass is 9.99. The third-order valence-electron chi connectivity index (χ3n) is 2.66. The molecule has 0 saturated carbocycles. The van der Waals surface area contributed by atoms with E-state index in [4.69, 9.17) is 15.6 Å². The number of aliphatic carboxylic acids is 1. The summed E-state index contributed by atoms with van der Waals surface area (Å²) in [5.41, 5.74) is 6.49. The second-order valence-electron chi connectivity index (χ2n) is 5.71. The number of carbonyl (C=O) groups excluding carboxylic acids is 1. The van der Waals surface area contributed by atoms with E-state index in [-0.39, 0.29) is 6.42 Å². The van der Waals surface area contributed by atoms with Crippen LogP contribution in [0.5, 0.6) is 0 Å². The minimum atomic E-state index is -1.16. The first-order chi connectivity index (χ1) is 9.19. The van der Waals surface area contributed by atoms with Crippen molar-refractivity contribution >= 4 is 17.6 Å². The molecule has 20 heavy (non-hydrogen) atoms. The maximum absolute atomic E-state index is 11.9. The van der Waals surface area contributed by atoms with Gasteiger partial charge in [-0.1, -0.05) is 12.1 Å². The molecule has 0 aliphatic rings. The van der Waals surface area contributed by atoms with Crippen molar-refractivity contribution in [1.29, 1.82) is 0 Å². The summed E-state index contributed by atoms with van der Waals surface area (Å²) < 4.78 is 5.13. The van der Waals surface area contributed by atoms with Crippen LogP contribution < -0.4 is 5.73 Å². The van der Waals surface area contributed by atoms with E-state index in [9.17, 15) is 9.59 Å². The van der Waals surface area contributed by atoms with Crippen LogP contribution in [0.4, 0.5) is 5.69 Å². The van der Waals surface area contributed by atoms with Gasteiger partial charge in [0, 0.05) is 5.69 Å². The first-order valence-corrected chi connectivity index (χ1v) is 6.49. The molecule has 5 nitrogen and oxygen atoms in total. The van der Waals surface area contributed by atoms with Gasteiger partial charge in [-0.2, -0.15) is 0 Å².